The van der Waals surface area contributed by atoms with Gasteiger partial charge in [-0.05, 0) is 49.8 Å². The fourth-order valence-corrected chi connectivity index (χ4v) is 3.68. The number of hydrogen-bond acceptors (Lipinski definition) is 2. The van der Waals surface area contributed by atoms with Crippen molar-refractivity contribution in [2.75, 3.05) is 13.1 Å². The van der Waals surface area contributed by atoms with Crippen LogP contribution in [0.25, 0.3) is 0 Å². The van der Waals surface area contributed by atoms with Gasteiger partial charge in [0.05, 0.1) is 0 Å². The summed E-state index contributed by atoms with van der Waals surface area (Å²) in [5.74, 6) is 0.365. The lowest BCUT2D eigenvalue weighted by molar-refractivity contribution is -0.133. The van der Waals surface area contributed by atoms with Crippen molar-refractivity contribution in [1.29, 1.82) is 0 Å². The van der Waals surface area contributed by atoms with Gasteiger partial charge in [-0.15, -0.1) is 0 Å². The van der Waals surface area contributed by atoms with E-state index in [1.165, 1.54) is 0 Å². The van der Waals surface area contributed by atoms with Crippen LogP contribution in [-0.2, 0) is 16.1 Å². The van der Waals surface area contributed by atoms with E-state index in [4.69, 9.17) is 0 Å². The Labute approximate surface area is 166 Å². The topological polar surface area (TPSA) is 40.6 Å². The molecule has 1 aromatic rings. The van der Waals surface area contributed by atoms with Crippen LogP contribution in [0.1, 0.15) is 64.4 Å². The standard InChI is InChI=1S/C21H31BrN2O2/c1-3-13-23(14-4-2)20(25)9-6-10-21(26)24(19-11-12-19)16-17-7-5-8-18(22)15-17/h5,7-8,15,19H,3-4,6,9-14,16H2,1-2H3. The van der Waals surface area contributed by atoms with Gasteiger partial charge in [-0.2, -0.15) is 0 Å². The molecule has 0 heterocycles. The highest BCUT2D eigenvalue weighted by atomic mass is 79.9. The van der Waals surface area contributed by atoms with Gasteiger partial charge < -0.3 is 9.80 Å². The molecule has 0 radical (unpaired) electrons. The fraction of sp³-hybridized carbons (Fsp3) is 0.619. The van der Waals surface area contributed by atoms with Gasteiger partial charge in [-0.3, -0.25) is 9.59 Å². The minimum atomic E-state index is 0.179. The lowest BCUT2D eigenvalue weighted by atomic mass is 10.1. The van der Waals surface area contributed by atoms with Crippen molar-refractivity contribution >= 4 is 27.7 Å². The third-order valence-corrected chi connectivity index (χ3v) is 5.16. The lowest BCUT2D eigenvalue weighted by Crippen LogP contribution is -2.34. The molecule has 0 N–H and O–H groups in total. The predicted octanol–water partition coefficient (Wildman–Crippen LogP) is 4.76. The number of benzene rings is 1. The summed E-state index contributed by atoms with van der Waals surface area (Å²) in [6.07, 6.45) is 5.73. The molecule has 1 fully saturated rings. The van der Waals surface area contributed by atoms with E-state index in [0.717, 1.165) is 48.8 Å². The Morgan fingerprint density at radius 3 is 2.31 bits per heavy atom. The second-order valence-electron chi connectivity index (χ2n) is 7.12. The Balaban J connectivity index is 1.83. The highest BCUT2D eigenvalue weighted by Crippen LogP contribution is 2.29. The minimum absolute atomic E-state index is 0.179. The van der Waals surface area contributed by atoms with Gasteiger partial charge in [0.2, 0.25) is 11.8 Å². The molecule has 2 amide bonds. The van der Waals surface area contributed by atoms with Crippen LogP contribution < -0.4 is 0 Å². The first-order valence-electron chi connectivity index (χ1n) is 9.86. The van der Waals surface area contributed by atoms with Crippen molar-refractivity contribution in [3.63, 3.8) is 0 Å². The number of rotatable bonds is 11. The Morgan fingerprint density at radius 1 is 1.08 bits per heavy atom. The van der Waals surface area contributed by atoms with Crippen molar-refractivity contribution in [1.82, 2.24) is 9.80 Å². The number of hydrogen-bond donors (Lipinski definition) is 0. The second-order valence-corrected chi connectivity index (χ2v) is 8.03. The molecule has 0 saturated heterocycles. The van der Waals surface area contributed by atoms with Gasteiger partial charge in [-0.25, -0.2) is 0 Å². The Kier molecular flexibility index (Phi) is 8.63. The van der Waals surface area contributed by atoms with Crippen LogP contribution in [0.4, 0.5) is 0 Å². The van der Waals surface area contributed by atoms with Gasteiger partial charge in [0, 0.05) is 43.0 Å². The summed E-state index contributed by atoms with van der Waals surface area (Å²) in [7, 11) is 0. The maximum Gasteiger partial charge on any atom is 0.223 e. The third-order valence-electron chi connectivity index (χ3n) is 4.67. The van der Waals surface area contributed by atoms with E-state index < -0.39 is 0 Å². The fourth-order valence-electron chi connectivity index (χ4n) is 3.23. The summed E-state index contributed by atoms with van der Waals surface area (Å²) in [6.45, 7) is 6.48. The Hall–Kier alpha value is -1.36. The van der Waals surface area contributed by atoms with E-state index in [1.54, 1.807) is 0 Å². The monoisotopic (exact) mass is 422 g/mol. The van der Waals surface area contributed by atoms with E-state index >= 15 is 0 Å². The molecule has 0 atom stereocenters. The zero-order valence-electron chi connectivity index (χ0n) is 16.0. The Bertz CT molecular complexity index is 595. The van der Waals surface area contributed by atoms with Crippen molar-refractivity contribution in [2.45, 2.75) is 71.4 Å². The highest BCUT2D eigenvalue weighted by molar-refractivity contribution is 9.10. The van der Waals surface area contributed by atoms with Gasteiger partial charge in [0.25, 0.3) is 0 Å². The Morgan fingerprint density at radius 2 is 1.73 bits per heavy atom. The first-order valence-corrected chi connectivity index (χ1v) is 10.7. The summed E-state index contributed by atoms with van der Waals surface area (Å²) < 4.78 is 1.04. The van der Waals surface area contributed by atoms with E-state index in [1.807, 2.05) is 21.9 Å². The predicted molar refractivity (Wildman–Crippen MR) is 109 cm³/mol. The molecular weight excluding hydrogens is 392 g/mol. The molecule has 2 rings (SSSR count). The summed E-state index contributed by atoms with van der Waals surface area (Å²) >= 11 is 3.49. The van der Waals surface area contributed by atoms with Gasteiger partial charge in [-0.1, -0.05) is 41.9 Å². The molecule has 1 saturated carbocycles. The maximum atomic E-state index is 12.7. The van der Waals surface area contributed by atoms with Crippen LogP contribution in [0.15, 0.2) is 28.7 Å². The minimum Gasteiger partial charge on any atom is -0.343 e. The van der Waals surface area contributed by atoms with Crippen molar-refractivity contribution in [3.05, 3.63) is 34.3 Å². The maximum absolute atomic E-state index is 12.7. The number of carbonyl (C=O) groups excluding carboxylic acids is 2. The van der Waals surface area contributed by atoms with Crippen LogP contribution in [-0.4, -0.2) is 40.7 Å². The summed E-state index contributed by atoms with van der Waals surface area (Å²) in [4.78, 5) is 29.0. The molecule has 144 valence electrons. The summed E-state index contributed by atoms with van der Waals surface area (Å²) in [6, 6.07) is 8.51. The lowest BCUT2D eigenvalue weighted by Gasteiger charge is -2.24. The van der Waals surface area contributed by atoms with Crippen LogP contribution >= 0.6 is 15.9 Å². The average Bonchev–Trinajstić information content (AvgIpc) is 3.44. The number of halogens is 1. The first-order chi connectivity index (χ1) is 12.5. The molecule has 0 aromatic heterocycles. The number of amides is 2. The van der Waals surface area contributed by atoms with Crippen LogP contribution in [0, 0.1) is 0 Å². The molecule has 5 heteroatoms. The first kappa shape index (κ1) is 20.9. The molecule has 1 aliphatic rings. The zero-order chi connectivity index (χ0) is 18.9. The highest BCUT2D eigenvalue weighted by Gasteiger charge is 2.32. The van der Waals surface area contributed by atoms with Crippen LogP contribution in [0.5, 0.6) is 0 Å². The molecule has 4 nitrogen and oxygen atoms in total. The quantitative estimate of drug-likeness (QED) is 0.515. The van der Waals surface area contributed by atoms with E-state index in [-0.39, 0.29) is 11.8 Å². The normalized spacial score (nSPS) is 13.5. The largest absolute Gasteiger partial charge is 0.343 e. The average molecular weight is 423 g/mol. The summed E-state index contributed by atoms with van der Waals surface area (Å²) in [5.41, 5.74) is 1.15. The van der Waals surface area contributed by atoms with Crippen molar-refractivity contribution in [2.24, 2.45) is 0 Å². The van der Waals surface area contributed by atoms with Crippen LogP contribution in [0.3, 0.4) is 0 Å². The molecule has 0 bridgehead atoms. The zero-order valence-corrected chi connectivity index (χ0v) is 17.6. The molecule has 0 unspecified atom stereocenters. The molecule has 1 aromatic carbocycles. The number of carbonyl (C=O) groups is 2. The van der Waals surface area contributed by atoms with Crippen molar-refractivity contribution < 1.29 is 9.59 Å². The van der Waals surface area contributed by atoms with Gasteiger partial charge in [0.15, 0.2) is 0 Å². The van der Waals surface area contributed by atoms with Gasteiger partial charge >= 0.3 is 0 Å². The molecule has 0 spiro atoms. The molecular formula is C21H31BrN2O2. The third kappa shape index (κ3) is 6.75. The van der Waals surface area contributed by atoms with E-state index in [2.05, 4.69) is 41.9 Å². The smallest absolute Gasteiger partial charge is 0.223 e. The molecule has 0 aliphatic heterocycles. The van der Waals surface area contributed by atoms with Crippen molar-refractivity contribution in [3.8, 4) is 0 Å². The second kappa shape index (κ2) is 10.7. The van der Waals surface area contributed by atoms with Gasteiger partial charge in [0.1, 0.15) is 0 Å². The van der Waals surface area contributed by atoms with E-state index in [0.29, 0.717) is 31.8 Å². The van der Waals surface area contributed by atoms with Crippen LogP contribution in [0.2, 0.25) is 0 Å². The summed E-state index contributed by atoms with van der Waals surface area (Å²) in [5, 5.41) is 0. The number of nitrogens with zero attached hydrogens (tertiary/aromatic N) is 2. The molecule has 1 aliphatic carbocycles. The SMILES string of the molecule is CCCN(CCC)C(=O)CCCC(=O)N(Cc1cccc(Br)c1)C1CC1. The molecule has 26 heavy (non-hydrogen) atoms. The van der Waals surface area contributed by atoms with E-state index in [9.17, 15) is 9.59 Å².